The van der Waals surface area contributed by atoms with Gasteiger partial charge in [0.25, 0.3) is 0 Å². The predicted molar refractivity (Wildman–Crippen MR) is 381 cm³/mol. The van der Waals surface area contributed by atoms with Crippen LogP contribution in [0.1, 0.15) is 388 Å². The van der Waals surface area contributed by atoms with Crippen molar-refractivity contribution >= 4 is 39.5 Å². The number of phosphoric acid groups is 2. The van der Waals surface area contributed by atoms with Crippen molar-refractivity contribution in [3.63, 3.8) is 0 Å². The monoisotopic (exact) mass is 1380 g/mol. The van der Waals surface area contributed by atoms with E-state index < -0.39 is 97.5 Å². The highest BCUT2D eigenvalue weighted by Crippen LogP contribution is 2.45. The van der Waals surface area contributed by atoms with Gasteiger partial charge in [0, 0.05) is 25.7 Å². The lowest BCUT2D eigenvalue weighted by molar-refractivity contribution is -0.161. The first kappa shape index (κ1) is 92.1. The Morgan fingerprint density at radius 1 is 0.287 bits per heavy atom. The lowest BCUT2D eigenvalue weighted by Gasteiger charge is -2.21. The van der Waals surface area contributed by atoms with E-state index >= 15 is 0 Å². The van der Waals surface area contributed by atoms with Gasteiger partial charge in [0.1, 0.15) is 19.3 Å². The molecule has 2 unspecified atom stereocenters. The molecule has 0 aromatic rings. The second-order valence-electron chi connectivity index (χ2n) is 28.0. The molecule has 0 spiro atoms. The zero-order valence-corrected chi connectivity index (χ0v) is 63.1. The highest BCUT2D eigenvalue weighted by Gasteiger charge is 2.30. The van der Waals surface area contributed by atoms with Crippen LogP contribution in [-0.2, 0) is 65.4 Å². The van der Waals surface area contributed by atoms with Crippen LogP contribution in [-0.4, -0.2) is 96.7 Å². The molecule has 17 nitrogen and oxygen atoms in total. The van der Waals surface area contributed by atoms with Crippen LogP contribution < -0.4 is 0 Å². The van der Waals surface area contributed by atoms with Crippen LogP contribution in [0.3, 0.4) is 0 Å². The molecule has 0 aromatic heterocycles. The third-order valence-electron chi connectivity index (χ3n) is 17.5. The number of carbonyl (C=O) groups excluding carboxylic acids is 4. The smallest absolute Gasteiger partial charge is 0.462 e. The summed E-state index contributed by atoms with van der Waals surface area (Å²) in [6.45, 7) is 9.61. The fourth-order valence-electron chi connectivity index (χ4n) is 11.5. The van der Waals surface area contributed by atoms with Gasteiger partial charge in [-0.3, -0.25) is 37.3 Å². The lowest BCUT2D eigenvalue weighted by atomic mass is 10.0. The summed E-state index contributed by atoms with van der Waals surface area (Å²) in [5, 5.41) is 10.6. The van der Waals surface area contributed by atoms with Crippen LogP contribution in [0.25, 0.3) is 0 Å². The third kappa shape index (κ3) is 68.6. The Bertz CT molecular complexity index is 1820. The molecule has 0 bridgehead atoms. The highest BCUT2D eigenvalue weighted by atomic mass is 31.2. The van der Waals surface area contributed by atoms with Crippen molar-refractivity contribution in [3.8, 4) is 0 Å². The van der Waals surface area contributed by atoms with E-state index in [0.29, 0.717) is 25.7 Å². The average molecular weight is 1380 g/mol. The molecular weight excluding hydrogens is 1230 g/mol. The quantitative estimate of drug-likeness (QED) is 0.0222. The first-order valence-corrected chi connectivity index (χ1v) is 42.0. The topological polar surface area (TPSA) is 237 Å². The van der Waals surface area contributed by atoms with Gasteiger partial charge in [-0.25, -0.2) is 9.13 Å². The van der Waals surface area contributed by atoms with Crippen molar-refractivity contribution in [2.45, 2.75) is 407 Å². The van der Waals surface area contributed by atoms with E-state index in [9.17, 15) is 43.2 Å². The van der Waals surface area contributed by atoms with Crippen LogP contribution in [0, 0.1) is 11.8 Å². The minimum absolute atomic E-state index is 0.107. The molecule has 0 fully saturated rings. The number of carbonyl (C=O) groups is 4. The second kappa shape index (κ2) is 66.9. The van der Waals surface area contributed by atoms with Gasteiger partial charge in [-0.2, -0.15) is 0 Å². The predicted octanol–water partition coefficient (Wildman–Crippen LogP) is 21.9. The minimum atomic E-state index is -4.96. The summed E-state index contributed by atoms with van der Waals surface area (Å²) >= 11 is 0. The number of rotatable bonds is 74. The summed E-state index contributed by atoms with van der Waals surface area (Å²) in [6.07, 6.45) is 53.9. The summed E-state index contributed by atoms with van der Waals surface area (Å²) in [7, 11) is -9.91. The van der Waals surface area contributed by atoms with E-state index in [4.69, 9.17) is 37.0 Å². The molecular formula is C75H146O17P2. The van der Waals surface area contributed by atoms with Gasteiger partial charge < -0.3 is 33.8 Å². The highest BCUT2D eigenvalue weighted by molar-refractivity contribution is 7.47. The fourth-order valence-corrected chi connectivity index (χ4v) is 13.1. The van der Waals surface area contributed by atoms with Crippen molar-refractivity contribution in [2.24, 2.45) is 11.8 Å². The normalized spacial score (nSPS) is 14.0. The van der Waals surface area contributed by atoms with Gasteiger partial charge in [-0.05, 0) is 37.5 Å². The lowest BCUT2D eigenvalue weighted by Crippen LogP contribution is -2.30. The summed E-state index contributed by atoms with van der Waals surface area (Å²) in [6, 6.07) is 0. The van der Waals surface area contributed by atoms with Crippen LogP contribution in [0.2, 0.25) is 0 Å². The van der Waals surface area contributed by atoms with Crippen molar-refractivity contribution in [2.75, 3.05) is 39.6 Å². The van der Waals surface area contributed by atoms with Gasteiger partial charge in [0.15, 0.2) is 12.2 Å². The van der Waals surface area contributed by atoms with Gasteiger partial charge in [-0.1, -0.05) is 337 Å². The number of unbranched alkanes of at least 4 members (excludes halogenated alkanes) is 44. The average Bonchev–Trinajstić information content (AvgIpc) is 1.87. The fraction of sp³-hybridized carbons (Fsp3) is 0.947. The van der Waals surface area contributed by atoms with Crippen LogP contribution >= 0.6 is 15.6 Å². The van der Waals surface area contributed by atoms with Crippen molar-refractivity contribution in [1.82, 2.24) is 0 Å². The molecule has 19 heteroatoms. The van der Waals surface area contributed by atoms with Gasteiger partial charge >= 0.3 is 39.5 Å². The summed E-state index contributed by atoms with van der Waals surface area (Å²) in [4.78, 5) is 72.8. The zero-order valence-electron chi connectivity index (χ0n) is 61.3. The van der Waals surface area contributed by atoms with E-state index in [2.05, 4.69) is 41.5 Å². The SMILES string of the molecule is CCCCCCCCCCCCCCCCC(=O)O[C@H](COC(=O)CCCCCCCCCCCC)COP(=O)(O)OC[C@H](O)COP(=O)(O)OC[C@@H](COC(=O)CCCCCCCCCCCCCCC(C)C)OC(=O)CCCCCCCCCCCCCCC(C)C. The molecule has 0 aliphatic carbocycles. The summed E-state index contributed by atoms with van der Waals surface area (Å²) in [5.74, 6) is -0.556. The Balaban J connectivity index is 5.25. The Labute approximate surface area is 575 Å². The Morgan fingerprint density at radius 3 is 0.723 bits per heavy atom. The summed E-state index contributed by atoms with van der Waals surface area (Å²) in [5.41, 5.74) is 0. The minimum Gasteiger partial charge on any atom is -0.462 e. The van der Waals surface area contributed by atoms with Gasteiger partial charge in [0.05, 0.1) is 26.4 Å². The number of hydrogen-bond donors (Lipinski definition) is 3. The number of ether oxygens (including phenoxy) is 4. The maximum Gasteiger partial charge on any atom is 0.472 e. The van der Waals surface area contributed by atoms with Crippen molar-refractivity contribution in [1.29, 1.82) is 0 Å². The molecule has 0 rings (SSSR count). The van der Waals surface area contributed by atoms with E-state index in [1.807, 2.05) is 0 Å². The van der Waals surface area contributed by atoms with Crippen LogP contribution in [0.15, 0.2) is 0 Å². The third-order valence-corrected chi connectivity index (χ3v) is 19.4. The molecule has 3 N–H and O–H groups in total. The Hall–Kier alpha value is -1.94. The maximum atomic E-state index is 13.1. The second-order valence-corrected chi connectivity index (χ2v) is 30.9. The number of hydrogen-bond acceptors (Lipinski definition) is 15. The van der Waals surface area contributed by atoms with E-state index in [1.54, 1.807) is 0 Å². The number of aliphatic hydroxyl groups excluding tert-OH is 1. The summed E-state index contributed by atoms with van der Waals surface area (Å²) < 4.78 is 68.5. The standard InChI is InChI=1S/C75H146O17P2/c1-7-9-11-13-15-17-19-20-21-29-35-41-47-53-59-74(79)91-70(63-85-72(77)57-51-45-39-33-18-16-14-12-10-8-2)65-89-93(81,82)87-61-69(76)62-88-94(83,84)90-66-71(92-75(80)60-54-48-42-36-30-25-23-27-32-38-44-50-56-68(5)6)64-86-73(78)58-52-46-40-34-28-24-22-26-31-37-43-49-55-67(3)4/h67-71,76H,7-66H2,1-6H3,(H,81,82)(H,83,84)/t69-,70+,71+/m0/s1. The number of phosphoric ester groups is 2. The van der Waals surface area contributed by atoms with Crippen molar-refractivity contribution < 1.29 is 80.2 Å². The van der Waals surface area contributed by atoms with E-state index in [0.717, 1.165) is 102 Å². The number of aliphatic hydroxyl groups is 1. The molecule has 0 aliphatic rings. The molecule has 0 radical (unpaired) electrons. The van der Waals surface area contributed by atoms with Gasteiger partial charge in [0.2, 0.25) is 0 Å². The Kier molecular flexibility index (Phi) is 65.5. The van der Waals surface area contributed by atoms with Crippen molar-refractivity contribution in [3.05, 3.63) is 0 Å². The van der Waals surface area contributed by atoms with Gasteiger partial charge in [-0.15, -0.1) is 0 Å². The molecule has 0 saturated carbocycles. The largest absolute Gasteiger partial charge is 0.472 e. The van der Waals surface area contributed by atoms with Crippen LogP contribution in [0.4, 0.5) is 0 Å². The molecule has 0 aromatic carbocycles. The zero-order chi connectivity index (χ0) is 69.3. The van der Waals surface area contributed by atoms with E-state index in [-0.39, 0.29) is 25.7 Å². The molecule has 558 valence electrons. The molecule has 0 heterocycles. The molecule has 0 saturated heterocycles. The Morgan fingerprint density at radius 2 is 0.489 bits per heavy atom. The number of esters is 4. The molecule has 0 amide bonds. The molecule has 0 aliphatic heterocycles. The maximum absolute atomic E-state index is 13.1. The van der Waals surface area contributed by atoms with Crippen LogP contribution in [0.5, 0.6) is 0 Å². The first-order valence-electron chi connectivity index (χ1n) is 39.0. The first-order chi connectivity index (χ1) is 45.4. The molecule has 94 heavy (non-hydrogen) atoms. The van der Waals surface area contributed by atoms with E-state index in [1.165, 1.54) is 205 Å². The molecule has 5 atom stereocenters.